The standard InChI is InChI=1S/C21H42N6O6/c1-20(2,3)32-18(30)25-11-9-23-16(28)14-27(7,13-8-22)15-17(29)24-10-12-26-19(31)33-21(4,5)6/h8-15,22H2,1-7H3,(H3-,23,24,25,26,28,29,30,31)/p+1. The fourth-order valence-electron chi connectivity index (χ4n) is 2.69. The summed E-state index contributed by atoms with van der Waals surface area (Å²) in [5, 5.41) is 10.5. The average molecular weight is 476 g/mol. The minimum absolute atomic E-state index is 0.0488. The lowest BCUT2D eigenvalue weighted by Crippen LogP contribution is -2.57. The van der Waals surface area contributed by atoms with Crippen molar-refractivity contribution in [2.75, 3.05) is 59.4 Å². The first kappa shape index (κ1) is 30.4. The number of ether oxygens (including phenoxy) is 2. The van der Waals surface area contributed by atoms with E-state index < -0.39 is 23.4 Å². The van der Waals surface area contributed by atoms with Crippen molar-refractivity contribution in [1.29, 1.82) is 0 Å². The molecule has 192 valence electrons. The maximum absolute atomic E-state index is 12.3. The second-order valence-corrected chi connectivity index (χ2v) is 10.0. The van der Waals surface area contributed by atoms with Crippen LogP contribution in [0.4, 0.5) is 9.59 Å². The Bertz CT molecular complexity index is 607. The maximum atomic E-state index is 12.3. The molecule has 0 radical (unpaired) electrons. The van der Waals surface area contributed by atoms with E-state index in [1.165, 1.54) is 0 Å². The van der Waals surface area contributed by atoms with Gasteiger partial charge in [0.25, 0.3) is 11.8 Å². The number of carbonyl (C=O) groups is 4. The predicted molar refractivity (Wildman–Crippen MR) is 124 cm³/mol. The third kappa shape index (κ3) is 17.6. The summed E-state index contributed by atoms with van der Waals surface area (Å²) < 4.78 is 10.4. The molecular weight excluding hydrogens is 432 g/mol. The van der Waals surface area contributed by atoms with Crippen molar-refractivity contribution in [1.82, 2.24) is 21.3 Å². The van der Waals surface area contributed by atoms with Gasteiger partial charge in [0, 0.05) is 32.7 Å². The molecular formula is C21H43N6O6+. The van der Waals surface area contributed by atoms with E-state index in [9.17, 15) is 19.2 Å². The summed E-state index contributed by atoms with van der Waals surface area (Å²) >= 11 is 0. The van der Waals surface area contributed by atoms with Crippen LogP contribution in [0, 0.1) is 0 Å². The van der Waals surface area contributed by atoms with E-state index in [0.29, 0.717) is 13.1 Å². The fourth-order valence-corrected chi connectivity index (χ4v) is 2.69. The number of hydrogen-bond acceptors (Lipinski definition) is 7. The third-order valence-electron chi connectivity index (χ3n) is 3.95. The Morgan fingerprint density at radius 3 is 1.33 bits per heavy atom. The summed E-state index contributed by atoms with van der Waals surface area (Å²) in [6.45, 7) is 12.3. The Balaban J connectivity index is 4.36. The van der Waals surface area contributed by atoms with Crippen LogP contribution < -0.4 is 27.0 Å². The van der Waals surface area contributed by atoms with Crippen LogP contribution in [-0.4, -0.2) is 99.1 Å². The highest BCUT2D eigenvalue weighted by Gasteiger charge is 2.28. The van der Waals surface area contributed by atoms with Gasteiger partial charge in [-0.1, -0.05) is 0 Å². The number of amides is 4. The van der Waals surface area contributed by atoms with Crippen molar-refractivity contribution in [2.24, 2.45) is 5.73 Å². The lowest BCUT2D eigenvalue weighted by atomic mass is 10.2. The molecule has 12 heteroatoms. The van der Waals surface area contributed by atoms with E-state index in [4.69, 9.17) is 15.2 Å². The highest BCUT2D eigenvalue weighted by atomic mass is 16.6. The van der Waals surface area contributed by atoms with Crippen molar-refractivity contribution in [3.05, 3.63) is 0 Å². The summed E-state index contributed by atoms with van der Waals surface area (Å²) in [6.07, 6.45) is -1.11. The van der Waals surface area contributed by atoms with Crippen molar-refractivity contribution in [3.8, 4) is 0 Å². The SMILES string of the molecule is CC(C)(C)OC(=O)NCCNC(=O)C[N+](C)(CCN)CC(=O)NCCNC(=O)OC(C)(C)C. The van der Waals surface area contributed by atoms with E-state index in [-0.39, 0.29) is 55.6 Å². The van der Waals surface area contributed by atoms with Gasteiger partial charge in [0.05, 0.1) is 13.6 Å². The predicted octanol–water partition coefficient (Wildman–Crippen LogP) is -0.326. The van der Waals surface area contributed by atoms with Crippen molar-refractivity contribution in [2.45, 2.75) is 52.7 Å². The second kappa shape index (κ2) is 13.8. The molecule has 0 rings (SSSR count). The third-order valence-corrected chi connectivity index (χ3v) is 3.95. The zero-order valence-corrected chi connectivity index (χ0v) is 21.1. The molecule has 0 fully saturated rings. The molecule has 0 aliphatic heterocycles. The van der Waals surface area contributed by atoms with E-state index in [1.54, 1.807) is 48.6 Å². The van der Waals surface area contributed by atoms with Crippen LogP contribution in [0.15, 0.2) is 0 Å². The largest absolute Gasteiger partial charge is 0.444 e. The van der Waals surface area contributed by atoms with Gasteiger partial charge in [-0.25, -0.2) is 9.59 Å². The van der Waals surface area contributed by atoms with Gasteiger partial charge in [-0.15, -0.1) is 0 Å². The molecule has 0 aromatic rings. The van der Waals surface area contributed by atoms with Crippen LogP contribution in [0.25, 0.3) is 0 Å². The first-order valence-corrected chi connectivity index (χ1v) is 11.1. The van der Waals surface area contributed by atoms with Gasteiger partial charge >= 0.3 is 12.2 Å². The zero-order valence-electron chi connectivity index (χ0n) is 21.1. The number of alkyl carbamates (subject to hydrolysis) is 2. The van der Waals surface area contributed by atoms with E-state index in [2.05, 4.69) is 21.3 Å². The Morgan fingerprint density at radius 2 is 1.03 bits per heavy atom. The van der Waals surface area contributed by atoms with Gasteiger partial charge < -0.3 is 41.0 Å². The molecule has 0 atom stereocenters. The maximum Gasteiger partial charge on any atom is 0.407 e. The summed E-state index contributed by atoms with van der Waals surface area (Å²) in [6, 6.07) is 0. The van der Waals surface area contributed by atoms with E-state index >= 15 is 0 Å². The monoisotopic (exact) mass is 475 g/mol. The summed E-state index contributed by atoms with van der Waals surface area (Å²) in [5.74, 6) is -0.535. The fraction of sp³-hybridized carbons (Fsp3) is 0.810. The van der Waals surface area contributed by atoms with Crippen molar-refractivity contribution < 1.29 is 33.1 Å². The minimum atomic E-state index is -0.596. The first-order valence-electron chi connectivity index (χ1n) is 11.1. The Hall–Kier alpha value is -2.60. The number of nitrogens with zero attached hydrogens (tertiary/aromatic N) is 1. The van der Waals surface area contributed by atoms with Crippen LogP contribution >= 0.6 is 0 Å². The molecule has 6 N–H and O–H groups in total. The van der Waals surface area contributed by atoms with Gasteiger partial charge in [0.2, 0.25) is 0 Å². The molecule has 0 aromatic heterocycles. The number of rotatable bonds is 12. The zero-order chi connectivity index (χ0) is 25.7. The summed E-state index contributed by atoms with van der Waals surface area (Å²) in [5.41, 5.74) is 4.48. The van der Waals surface area contributed by atoms with Crippen LogP contribution in [0.3, 0.4) is 0 Å². The topological polar surface area (TPSA) is 161 Å². The Morgan fingerprint density at radius 1 is 0.697 bits per heavy atom. The van der Waals surface area contributed by atoms with Gasteiger partial charge in [-0.2, -0.15) is 0 Å². The van der Waals surface area contributed by atoms with Crippen LogP contribution in [0.2, 0.25) is 0 Å². The molecule has 0 aromatic carbocycles. The summed E-state index contributed by atoms with van der Waals surface area (Å²) in [7, 11) is 1.77. The molecule has 12 nitrogen and oxygen atoms in total. The Labute approximate surface area is 196 Å². The van der Waals surface area contributed by atoms with Gasteiger partial charge in [-0.3, -0.25) is 9.59 Å². The molecule has 0 bridgehead atoms. The van der Waals surface area contributed by atoms with Gasteiger partial charge in [-0.05, 0) is 41.5 Å². The number of quaternary nitrogens is 1. The molecule has 0 saturated carbocycles. The van der Waals surface area contributed by atoms with Crippen molar-refractivity contribution >= 4 is 24.0 Å². The quantitative estimate of drug-likeness (QED) is 0.191. The average Bonchev–Trinajstić information content (AvgIpc) is 2.59. The van der Waals surface area contributed by atoms with Crippen LogP contribution in [0.5, 0.6) is 0 Å². The van der Waals surface area contributed by atoms with Crippen LogP contribution in [0.1, 0.15) is 41.5 Å². The highest BCUT2D eigenvalue weighted by molar-refractivity contribution is 5.79. The lowest BCUT2D eigenvalue weighted by Gasteiger charge is -2.32. The molecule has 0 aliphatic rings. The van der Waals surface area contributed by atoms with E-state index in [0.717, 1.165) is 0 Å². The number of hydrogen-bond donors (Lipinski definition) is 5. The molecule has 0 saturated heterocycles. The molecule has 0 heterocycles. The van der Waals surface area contributed by atoms with Gasteiger partial charge in [0.15, 0.2) is 13.1 Å². The molecule has 4 amide bonds. The van der Waals surface area contributed by atoms with E-state index in [1.807, 2.05) is 0 Å². The smallest absolute Gasteiger partial charge is 0.407 e. The number of nitrogens with one attached hydrogen (secondary N) is 4. The number of nitrogens with two attached hydrogens (primary N) is 1. The minimum Gasteiger partial charge on any atom is -0.444 e. The first-order chi connectivity index (χ1) is 15.1. The number of likely N-dealkylation sites (N-methyl/N-ethyl adjacent to an activating group) is 1. The van der Waals surface area contributed by atoms with Crippen molar-refractivity contribution in [3.63, 3.8) is 0 Å². The van der Waals surface area contributed by atoms with Crippen LogP contribution in [-0.2, 0) is 19.1 Å². The Kier molecular flexibility index (Phi) is 12.7. The molecule has 33 heavy (non-hydrogen) atoms. The van der Waals surface area contributed by atoms with Gasteiger partial charge in [0.1, 0.15) is 11.2 Å². The normalized spacial score (nSPS) is 11.9. The number of carbonyl (C=O) groups excluding carboxylic acids is 4. The second-order valence-electron chi connectivity index (χ2n) is 10.0. The molecule has 0 spiro atoms. The lowest BCUT2D eigenvalue weighted by molar-refractivity contribution is -0.892. The summed E-state index contributed by atoms with van der Waals surface area (Å²) in [4.78, 5) is 47.9. The molecule has 0 aliphatic carbocycles. The molecule has 0 unspecified atom stereocenters. The highest BCUT2D eigenvalue weighted by Crippen LogP contribution is 2.07.